The number of para-hydroxylation sites is 1. The molecule has 0 bridgehead atoms. The van der Waals surface area contributed by atoms with Crippen molar-refractivity contribution >= 4 is 46.7 Å². The highest BCUT2D eigenvalue weighted by atomic mass is 35.5. The predicted octanol–water partition coefficient (Wildman–Crippen LogP) is 5.41. The number of rotatable bonds is 5. The van der Waals surface area contributed by atoms with Gasteiger partial charge in [0.2, 0.25) is 11.7 Å². The lowest BCUT2D eigenvalue weighted by Crippen LogP contribution is -2.33. The van der Waals surface area contributed by atoms with Crippen LogP contribution in [-0.4, -0.2) is 27.6 Å². The Morgan fingerprint density at radius 1 is 0.933 bits per heavy atom. The molecular formula is C23H17ClN2O3S. The topological polar surface area (TPSA) is 69.6 Å². The van der Waals surface area contributed by atoms with E-state index in [1.165, 1.54) is 16.3 Å². The first-order valence-electron chi connectivity index (χ1n) is 9.17. The van der Waals surface area contributed by atoms with Crippen LogP contribution in [0.4, 0.5) is 5.69 Å². The Hall–Kier alpha value is -3.22. The Bertz CT molecular complexity index is 1150. The van der Waals surface area contributed by atoms with Crippen LogP contribution in [0.1, 0.15) is 15.9 Å². The number of carbonyl (C=O) groups is 2. The number of carbonyl (C=O) groups excluding carboxylic acids is 2. The van der Waals surface area contributed by atoms with Crippen molar-refractivity contribution in [3.63, 3.8) is 0 Å². The number of allylic oxidation sites excluding steroid dienone is 1. The average molecular weight is 437 g/mol. The standard InChI is InChI=1S/C23H17ClN2O3S/c24-18-12-6-4-10-16(18)22(28)21-23(29)17-11-5-7-13-19(17)30-26(21)14-20(27)25-15-8-2-1-3-9-15/h1-13,29H,14H2,(H,25,27). The summed E-state index contributed by atoms with van der Waals surface area (Å²) in [5, 5.41) is 14.0. The number of fused-ring (bicyclic) bond motifs is 1. The zero-order chi connectivity index (χ0) is 21.1. The Morgan fingerprint density at radius 2 is 1.60 bits per heavy atom. The van der Waals surface area contributed by atoms with Crippen LogP contribution in [-0.2, 0) is 4.79 Å². The Morgan fingerprint density at radius 3 is 2.37 bits per heavy atom. The molecule has 3 aromatic rings. The third-order valence-corrected chi connectivity index (χ3v) is 5.92. The second kappa shape index (κ2) is 8.65. The highest BCUT2D eigenvalue weighted by Gasteiger charge is 2.33. The van der Waals surface area contributed by atoms with Crippen LogP contribution in [0.25, 0.3) is 5.76 Å². The van der Waals surface area contributed by atoms with Crippen LogP contribution in [0.15, 0.2) is 89.5 Å². The number of ketones is 1. The van der Waals surface area contributed by atoms with Crippen LogP contribution in [0, 0.1) is 0 Å². The highest BCUT2D eigenvalue weighted by molar-refractivity contribution is 7.97. The molecule has 0 radical (unpaired) electrons. The van der Waals surface area contributed by atoms with E-state index in [0.717, 1.165) is 4.90 Å². The molecule has 0 aromatic heterocycles. The van der Waals surface area contributed by atoms with E-state index in [1.807, 2.05) is 30.3 Å². The molecule has 1 amide bonds. The van der Waals surface area contributed by atoms with Crippen molar-refractivity contribution in [2.75, 3.05) is 11.9 Å². The number of Topliss-reactive ketones (excluding diaryl/α,β-unsaturated/α-hetero) is 1. The molecule has 7 heteroatoms. The number of halogens is 1. The largest absolute Gasteiger partial charge is 0.505 e. The van der Waals surface area contributed by atoms with E-state index in [0.29, 0.717) is 11.3 Å². The number of nitrogens with one attached hydrogen (secondary N) is 1. The summed E-state index contributed by atoms with van der Waals surface area (Å²) >= 11 is 7.44. The zero-order valence-corrected chi connectivity index (χ0v) is 17.3. The van der Waals surface area contributed by atoms with Crippen molar-refractivity contribution in [3.8, 4) is 0 Å². The van der Waals surface area contributed by atoms with Crippen molar-refractivity contribution in [2.24, 2.45) is 0 Å². The van der Waals surface area contributed by atoms with Gasteiger partial charge in [-0.1, -0.05) is 54.1 Å². The summed E-state index contributed by atoms with van der Waals surface area (Å²) in [5.41, 5.74) is 1.47. The second-order valence-corrected chi connectivity index (χ2v) is 8.01. The lowest BCUT2D eigenvalue weighted by atomic mass is 10.0. The number of aliphatic hydroxyl groups is 1. The molecule has 4 rings (SSSR count). The Labute approximate surface area is 183 Å². The lowest BCUT2D eigenvalue weighted by molar-refractivity contribution is -0.116. The van der Waals surface area contributed by atoms with E-state index in [4.69, 9.17) is 11.6 Å². The lowest BCUT2D eigenvalue weighted by Gasteiger charge is -2.30. The number of anilines is 1. The van der Waals surface area contributed by atoms with Crippen molar-refractivity contribution in [3.05, 3.63) is 101 Å². The number of benzene rings is 3. The summed E-state index contributed by atoms with van der Waals surface area (Å²) in [6.45, 7) is -0.135. The van der Waals surface area contributed by atoms with Gasteiger partial charge in [-0.3, -0.25) is 13.9 Å². The summed E-state index contributed by atoms with van der Waals surface area (Å²) in [6.07, 6.45) is 0. The maximum atomic E-state index is 13.3. The molecule has 2 N–H and O–H groups in total. The minimum absolute atomic E-state index is 0.0232. The van der Waals surface area contributed by atoms with Crippen LogP contribution in [0.5, 0.6) is 0 Å². The van der Waals surface area contributed by atoms with Crippen molar-refractivity contribution in [1.82, 2.24) is 4.31 Å². The summed E-state index contributed by atoms with van der Waals surface area (Å²) in [7, 11) is 0. The van der Waals surface area contributed by atoms with Gasteiger partial charge in [0.25, 0.3) is 0 Å². The van der Waals surface area contributed by atoms with E-state index in [2.05, 4.69) is 5.32 Å². The van der Waals surface area contributed by atoms with Crippen LogP contribution in [0.2, 0.25) is 5.02 Å². The first-order valence-corrected chi connectivity index (χ1v) is 10.3. The van der Waals surface area contributed by atoms with Gasteiger partial charge in [-0.05, 0) is 48.3 Å². The van der Waals surface area contributed by atoms with Gasteiger partial charge < -0.3 is 10.4 Å². The number of hydrogen-bond acceptors (Lipinski definition) is 5. The summed E-state index contributed by atoms with van der Waals surface area (Å²) in [6, 6.07) is 22.9. The Balaban J connectivity index is 1.69. The molecule has 0 unspecified atom stereocenters. The molecule has 30 heavy (non-hydrogen) atoms. The maximum absolute atomic E-state index is 13.3. The molecule has 0 fully saturated rings. The van der Waals surface area contributed by atoms with Gasteiger partial charge in [-0.15, -0.1) is 0 Å². The van der Waals surface area contributed by atoms with Crippen LogP contribution >= 0.6 is 23.5 Å². The van der Waals surface area contributed by atoms with Gasteiger partial charge in [-0.25, -0.2) is 0 Å². The SMILES string of the molecule is O=C(CN1Sc2ccccc2C(O)=C1C(=O)c1ccccc1Cl)Nc1ccccc1. The first-order chi connectivity index (χ1) is 14.5. The monoisotopic (exact) mass is 436 g/mol. The quantitative estimate of drug-likeness (QED) is 0.413. The zero-order valence-electron chi connectivity index (χ0n) is 15.7. The molecule has 1 heterocycles. The minimum Gasteiger partial charge on any atom is -0.505 e. The van der Waals surface area contributed by atoms with Crippen LogP contribution < -0.4 is 5.32 Å². The smallest absolute Gasteiger partial charge is 0.244 e. The van der Waals surface area contributed by atoms with Gasteiger partial charge in [0, 0.05) is 21.7 Å². The molecular weight excluding hydrogens is 420 g/mol. The van der Waals surface area contributed by atoms with Gasteiger partial charge in [0.1, 0.15) is 12.2 Å². The normalized spacial score (nSPS) is 13.0. The van der Waals surface area contributed by atoms with E-state index in [9.17, 15) is 14.7 Å². The molecule has 150 valence electrons. The number of hydrogen-bond donors (Lipinski definition) is 2. The minimum atomic E-state index is -0.451. The predicted molar refractivity (Wildman–Crippen MR) is 119 cm³/mol. The maximum Gasteiger partial charge on any atom is 0.244 e. The second-order valence-electron chi connectivity index (χ2n) is 6.54. The molecule has 0 spiro atoms. The summed E-state index contributed by atoms with van der Waals surface area (Å²) in [4.78, 5) is 26.7. The molecule has 3 aromatic carbocycles. The fraction of sp³-hybridized carbons (Fsp3) is 0.0435. The molecule has 0 saturated heterocycles. The van der Waals surface area contributed by atoms with E-state index >= 15 is 0 Å². The van der Waals surface area contributed by atoms with Gasteiger partial charge in [-0.2, -0.15) is 0 Å². The fourth-order valence-electron chi connectivity index (χ4n) is 3.11. The molecule has 1 aliphatic rings. The summed E-state index contributed by atoms with van der Waals surface area (Å²) < 4.78 is 1.50. The van der Waals surface area contributed by atoms with Gasteiger partial charge in [0.15, 0.2) is 5.76 Å². The Kier molecular flexibility index (Phi) is 5.79. The number of aliphatic hydroxyl groups excluding tert-OH is 1. The third-order valence-electron chi connectivity index (χ3n) is 4.50. The van der Waals surface area contributed by atoms with E-state index in [-0.39, 0.29) is 34.5 Å². The third kappa shape index (κ3) is 4.06. The van der Waals surface area contributed by atoms with Gasteiger partial charge in [0.05, 0.1) is 5.02 Å². The molecule has 5 nitrogen and oxygen atoms in total. The van der Waals surface area contributed by atoms with Crippen molar-refractivity contribution in [1.29, 1.82) is 0 Å². The highest BCUT2D eigenvalue weighted by Crippen LogP contribution is 2.41. The van der Waals surface area contributed by atoms with Crippen molar-refractivity contribution < 1.29 is 14.7 Å². The van der Waals surface area contributed by atoms with Crippen molar-refractivity contribution in [2.45, 2.75) is 4.90 Å². The molecule has 1 aliphatic heterocycles. The summed E-state index contributed by atoms with van der Waals surface area (Å²) in [5.74, 6) is -0.945. The van der Waals surface area contributed by atoms with E-state index < -0.39 is 5.78 Å². The molecule has 0 saturated carbocycles. The van der Waals surface area contributed by atoms with Crippen LogP contribution in [0.3, 0.4) is 0 Å². The molecule has 0 aliphatic carbocycles. The number of nitrogens with zero attached hydrogens (tertiary/aromatic N) is 1. The molecule has 0 atom stereocenters. The van der Waals surface area contributed by atoms with Gasteiger partial charge >= 0.3 is 0 Å². The average Bonchev–Trinajstić information content (AvgIpc) is 2.74. The number of amides is 1. The fourth-order valence-corrected chi connectivity index (χ4v) is 4.41. The van der Waals surface area contributed by atoms with E-state index in [1.54, 1.807) is 48.5 Å². The first kappa shape index (κ1) is 20.1.